The molecule has 7 atom stereocenters. The lowest BCUT2D eigenvalue weighted by Crippen LogP contribution is -2.50. The van der Waals surface area contributed by atoms with Crippen LogP contribution in [-0.2, 0) is 40.9 Å². The van der Waals surface area contributed by atoms with Gasteiger partial charge in [-0.05, 0) is 97.7 Å². The van der Waals surface area contributed by atoms with Crippen LogP contribution in [0.25, 0.3) is 0 Å². The van der Waals surface area contributed by atoms with Crippen molar-refractivity contribution in [1.29, 1.82) is 0 Å². The monoisotopic (exact) mass is 698 g/mol. The molecular formula is C37H47ClN2O7S. The first-order valence-electron chi connectivity index (χ1n) is 17.2. The van der Waals surface area contributed by atoms with Crippen LogP contribution in [0.4, 0.5) is 5.69 Å². The Hall–Kier alpha value is -2.63. The minimum absolute atomic E-state index is 0.0347. The molecule has 2 aromatic rings. The molecule has 1 N–H and O–H groups in total. The van der Waals surface area contributed by atoms with Crippen molar-refractivity contribution >= 4 is 33.2 Å². The molecule has 0 saturated heterocycles. The first-order chi connectivity index (χ1) is 23.1. The highest BCUT2D eigenvalue weighted by molar-refractivity contribution is 7.90. The maximum absolute atomic E-state index is 13.9. The number of ether oxygens (including phenoxy) is 4. The Morgan fingerprint density at radius 1 is 1.12 bits per heavy atom. The van der Waals surface area contributed by atoms with Crippen molar-refractivity contribution in [1.82, 2.24) is 4.72 Å². The second-order valence-electron chi connectivity index (χ2n) is 14.6. The summed E-state index contributed by atoms with van der Waals surface area (Å²) >= 11 is 6.45. The third-order valence-electron chi connectivity index (χ3n) is 11.9. The van der Waals surface area contributed by atoms with Crippen LogP contribution in [-0.4, -0.2) is 74.2 Å². The first-order valence-corrected chi connectivity index (χ1v) is 19.1. The van der Waals surface area contributed by atoms with E-state index in [-0.39, 0.29) is 34.4 Å². The highest BCUT2D eigenvalue weighted by Gasteiger charge is 2.71. The molecule has 7 rings (SSSR count). The fraction of sp³-hybridized carbons (Fsp3) is 0.595. The molecule has 2 bridgehead atoms. The van der Waals surface area contributed by atoms with E-state index in [1.165, 1.54) is 11.1 Å². The van der Waals surface area contributed by atoms with Gasteiger partial charge in [-0.15, -0.1) is 0 Å². The van der Waals surface area contributed by atoms with E-state index < -0.39 is 21.8 Å². The summed E-state index contributed by atoms with van der Waals surface area (Å²) in [5.74, 6) is 0.209. The summed E-state index contributed by atoms with van der Waals surface area (Å²) in [6, 6.07) is 11.2. The average molecular weight is 699 g/mol. The van der Waals surface area contributed by atoms with Gasteiger partial charge >= 0.3 is 0 Å². The van der Waals surface area contributed by atoms with Crippen LogP contribution in [0.15, 0.2) is 53.4 Å². The number of carbonyl (C=O) groups excluding carboxylic acids is 1. The number of allylic oxidation sites excluding steroid dienone is 1. The largest absolute Gasteiger partial charge is 0.490 e. The van der Waals surface area contributed by atoms with Crippen LogP contribution in [0.3, 0.4) is 0 Å². The normalized spacial score (nSPS) is 34.4. The number of hydrogen-bond acceptors (Lipinski definition) is 8. The van der Waals surface area contributed by atoms with Crippen molar-refractivity contribution in [3.05, 3.63) is 64.7 Å². The number of fused-ring (bicyclic) bond motifs is 3. The molecule has 260 valence electrons. The van der Waals surface area contributed by atoms with E-state index in [1.54, 1.807) is 32.4 Å². The first kappa shape index (κ1) is 33.8. The molecule has 0 aromatic heterocycles. The van der Waals surface area contributed by atoms with Crippen molar-refractivity contribution in [2.45, 2.75) is 61.9 Å². The van der Waals surface area contributed by atoms with Crippen LogP contribution < -0.4 is 14.4 Å². The van der Waals surface area contributed by atoms with Gasteiger partial charge in [-0.1, -0.05) is 36.7 Å². The SMILES string of the molecule is COCCOC[C@H]1C(=O)NS(=O)(=O)c2ccc3c(c2)N(C[C@@H]2CC4CC42[C@H](OC)/C=C/C[C@@H]1C)C[C@@]1(CCCc2cc(Cl)ccc21)CO3. The predicted molar refractivity (Wildman–Crippen MR) is 184 cm³/mol. The number of nitrogens with one attached hydrogen (secondary N) is 1. The molecule has 1 amide bonds. The quantitative estimate of drug-likeness (QED) is 0.310. The summed E-state index contributed by atoms with van der Waals surface area (Å²) in [5.41, 5.74) is 3.03. The topological polar surface area (TPSA) is 103 Å². The van der Waals surface area contributed by atoms with E-state index in [0.717, 1.165) is 49.4 Å². The summed E-state index contributed by atoms with van der Waals surface area (Å²) in [4.78, 5) is 16.1. The number of methoxy groups -OCH3 is 2. The fourth-order valence-electron chi connectivity index (χ4n) is 9.10. The lowest BCUT2D eigenvalue weighted by Gasteiger charge is -2.46. The summed E-state index contributed by atoms with van der Waals surface area (Å²) in [6.45, 7) is 4.68. The van der Waals surface area contributed by atoms with E-state index in [4.69, 9.17) is 30.5 Å². The highest BCUT2D eigenvalue weighted by Crippen LogP contribution is 2.73. The number of benzene rings is 2. The zero-order valence-electron chi connectivity index (χ0n) is 28.1. The minimum Gasteiger partial charge on any atom is -0.490 e. The molecule has 48 heavy (non-hydrogen) atoms. The molecule has 2 saturated carbocycles. The Morgan fingerprint density at radius 3 is 2.75 bits per heavy atom. The van der Waals surface area contributed by atoms with E-state index >= 15 is 0 Å². The highest BCUT2D eigenvalue weighted by atomic mass is 35.5. The Balaban J connectivity index is 1.29. The number of amides is 1. The number of aryl methyl sites for hydroxylation is 1. The third kappa shape index (κ3) is 6.06. The van der Waals surface area contributed by atoms with Gasteiger partial charge in [0, 0.05) is 43.2 Å². The van der Waals surface area contributed by atoms with Crippen molar-refractivity contribution < 1.29 is 32.2 Å². The zero-order chi connectivity index (χ0) is 33.7. The maximum Gasteiger partial charge on any atom is 0.264 e. The van der Waals surface area contributed by atoms with E-state index in [9.17, 15) is 13.2 Å². The molecule has 2 spiro atoms. The smallest absolute Gasteiger partial charge is 0.264 e. The lowest BCUT2D eigenvalue weighted by atomic mass is 9.68. The van der Waals surface area contributed by atoms with E-state index in [2.05, 4.69) is 33.9 Å². The van der Waals surface area contributed by atoms with Crippen LogP contribution in [0.2, 0.25) is 5.02 Å². The Kier molecular flexibility index (Phi) is 9.34. The van der Waals surface area contributed by atoms with Gasteiger partial charge in [-0.3, -0.25) is 4.79 Å². The van der Waals surface area contributed by atoms with Gasteiger partial charge in [-0.25, -0.2) is 13.1 Å². The van der Waals surface area contributed by atoms with Crippen molar-refractivity contribution in [3.8, 4) is 5.75 Å². The molecule has 0 radical (unpaired) electrons. The minimum atomic E-state index is -4.19. The Labute approximate surface area is 289 Å². The third-order valence-corrected chi connectivity index (χ3v) is 13.5. The molecule has 5 aliphatic rings. The molecular weight excluding hydrogens is 652 g/mol. The standard InChI is InChI=1S/C37H47ClN2O7S/c1-24-6-4-8-34(45-3)37-19-26(37)17-27(37)20-40-22-36(13-5-7-25-16-28(38)9-11-31(25)36)23-47-33-12-10-29(18-32(33)40)48(42,43)39-35(41)30(24)21-46-15-14-44-2/h4,8-12,16,18,24,26-27,30,34H,5-7,13-15,17,19-23H2,1-3H3,(H,39,41)/b8-4+/t24-,26?,27-,30+,34+,36-,37?/m0/s1. The average Bonchev–Trinajstić information content (AvgIpc) is 3.70. The fourth-order valence-corrected chi connectivity index (χ4v) is 10.3. The van der Waals surface area contributed by atoms with Crippen LogP contribution in [0.1, 0.15) is 50.2 Å². The van der Waals surface area contributed by atoms with Crippen molar-refractivity contribution in [2.24, 2.45) is 29.1 Å². The van der Waals surface area contributed by atoms with Gasteiger partial charge in [-0.2, -0.15) is 0 Å². The maximum atomic E-state index is 13.9. The molecule has 3 aliphatic carbocycles. The zero-order valence-corrected chi connectivity index (χ0v) is 29.7. The number of anilines is 1. The number of rotatable bonds is 6. The lowest BCUT2D eigenvalue weighted by molar-refractivity contribution is -0.127. The number of sulfonamides is 1. The summed E-state index contributed by atoms with van der Waals surface area (Å²) < 4.78 is 53.8. The van der Waals surface area contributed by atoms with Crippen LogP contribution in [0.5, 0.6) is 5.75 Å². The molecule has 2 aliphatic heterocycles. The van der Waals surface area contributed by atoms with Gasteiger partial charge in [0.25, 0.3) is 10.0 Å². The summed E-state index contributed by atoms with van der Waals surface area (Å²) in [5, 5.41) is 0.735. The number of hydrogen-bond donors (Lipinski definition) is 1. The molecule has 11 heteroatoms. The second kappa shape index (κ2) is 13.2. The summed E-state index contributed by atoms with van der Waals surface area (Å²) in [7, 11) is -0.814. The Morgan fingerprint density at radius 2 is 1.98 bits per heavy atom. The molecule has 9 nitrogen and oxygen atoms in total. The van der Waals surface area contributed by atoms with E-state index in [1.807, 2.05) is 13.0 Å². The molecule has 2 aromatic carbocycles. The Bertz CT molecular complexity index is 1680. The molecule has 2 fully saturated rings. The van der Waals surface area contributed by atoms with Gasteiger partial charge in [0.1, 0.15) is 5.75 Å². The molecule has 2 unspecified atom stereocenters. The van der Waals surface area contributed by atoms with Gasteiger partial charge in [0.15, 0.2) is 0 Å². The number of carbonyl (C=O) groups is 1. The van der Waals surface area contributed by atoms with Crippen LogP contribution in [0, 0.1) is 29.1 Å². The number of nitrogens with zero attached hydrogens (tertiary/aromatic N) is 1. The van der Waals surface area contributed by atoms with Gasteiger partial charge < -0.3 is 23.8 Å². The van der Waals surface area contributed by atoms with Crippen molar-refractivity contribution in [2.75, 3.05) is 58.6 Å². The second-order valence-corrected chi connectivity index (χ2v) is 16.7. The van der Waals surface area contributed by atoms with Crippen LogP contribution >= 0.6 is 11.6 Å². The predicted octanol–water partition coefficient (Wildman–Crippen LogP) is 5.53. The molecule has 2 heterocycles. The van der Waals surface area contributed by atoms with Gasteiger partial charge in [0.05, 0.1) is 49.0 Å². The summed E-state index contributed by atoms with van der Waals surface area (Å²) in [6.07, 6.45) is 10.0. The van der Waals surface area contributed by atoms with Crippen molar-refractivity contribution in [3.63, 3.8) is 0 Å². The number of halogens is 1. The van der Waals surface area contributed by atoms with E-state index in [0.29, 0.717) is 50.4 Å². The van der Waals surface area contributed by atoms with Gasteiger partial charge in [0.2, 0.25) is 5.91 Å².